The molecule has 0 heterocycles. The highest BCUT2D eigenvalue weighted by molar-refractivity contribution is 5.87. The lowest BCUT2D eigenvalue weighted by molar-refractivity contribution is -0.139. The van der Waals surface area contributed by atoms with Gasteiger partial charge in [-0.2, -0.15) is 0 Å². The molecule has 0 aromatic carbocycles. The minimum absolute atomic E-state index is 0.230. The van der Waals surface area contributed by atoms with Crippen LogP contribution in [0.15, 0.2) is 11.8 Å². The van der Waals surface area contributed by atoms with Crippen LogP contribution in [0.2, 0.25) is 0 Å². The quantitative estimate of drug-likeness (QED) is 0.370. The molecule has 0 bridgehead atoms. The summed E-state index contributed by atoms with van der Waals surface area (Å²) in [5.74, 6) is -0.454. The van der Waals surface area contributed by atoms with Crippen LogP contribution in [0.1, 0.15) is 20.3 Å². The maximum atomic E-state index is 10.7. The van der Waals surface area contributed by atoms with Crippen LogP contribution in [0.3, 0.4) is 0 Å². The number of aliphatic hydroxyl groups excluding tert-OH is 1. The fourth-order valence-corrected chi connectivity index (χ4v) is 0.361. The van der Waals surface area contributed by atoms with E-state index in [-0.39, 0.29) is 5.57 Å². The summed E-state index contributed by atoms with van der Waals surface area (Å²) in [6, 6.07) is 0. The Morgan fingerprint density at radius 1 is 1.70 bits per heavy atom. The van der Waals surface area contributed by atoms with Gasteiger partial charge in [0.2, 0.25) is 0 Å². The summed E-state index contributed by atoms with van der Waals surface area (Å²) in [4.78, 5) is 10.7. The van der Waals surface area contributed by atoms with Gasteiger partial charge < -0.3 is 9.84 Å². The highest BCUT2D eigenvalue weighted by Gasteiger charge is 2.02. The molecule has 0 aromatic heterocycles. The van der Waals surface area contributed by atoms with E-state index in [1.54, 1.807) is 0 Å². The highest BCUT2D eigenvalue weighted by Crippen LogP contribution is 1.94. The third kappa shape index (κ3) is 3.12. The van der Waals surface area contributed by atoms with Crippen LogP contribution >= 0.6 is 0 Å². The van der Waals surface area contributed by atoms with Crippen LogP contribution < -0.4 is 0 Å². The number of carbonyl (C=O) groups is 1. The molecule has 0 amide bonds. The molecule has 0 atom stereocenters. The SMILES string of the molecule is CCCOC(=O)C(C)=CO. The Balaban J connectivity index is 3.63. The zero-order valence-corrected chi connectivity index (χ0v) is 6.26. The molecule has 0 radical (unpaired) electrons. The Hall–Kier alpha value is -0.990. The van der Waals surface area contributed by atoms with Crippen molar-refractivity contribution in [1.29, 1.82) is 0 Å². The summed E-state index contributed by atoms with van der Waals surface area (Å²) in [7, 11) is 0. The Kier molecular flexibility index (Phi) is 4.37. The van der Waals surface area contributed by atoms with Crippen LogP contribution in [-0.2, 0) is 9.53 Å². The van der Waals surface area contributed by atoms with Gasteiger partial charge >= 0.3 is 5.97 Å². The van der Waals surface area contributed by atoms with Crippen LogP contribution in [0, 0.1) is 0 Å². The van der Waals surface area contributed by atoms with Gasteiger partial charge in [-0.1, -0.05) is 6.92 Å². The van der Waals surface area contributed by atoms with E-state index in [9.17, 15) is 4.79 Å². The second-order valence-electron chi connectivity index (χ2n) is 1.95. The number of hydrogen-bond donors (Lipinski definition) is 1. The van der Waals surface area contributed by atoms with Crippen LogP contribution in [-0.4, -0.2) is 17.7 Å². The van der Waals surface area contributed by atoms with Gasteiger partial charge in [-0.05, 0) is 13.3 Å². The average molecular weight is 144 g/mol. The first-order chi connectivity index (χ1) is 4.72. The third-order valence-electron chi connectivity index (χ3n) is 0.953. The van der Waals surface area contributed by atoms with Crippen LogP contribution in [0.4, 0.5) is 0 Å². The van der Waals surface area contributed by atoms with E-state index in [0.717, 1.165) is 12.7 Å². The molecule has 0 spiro atoms. The first-order valence-electron chi connectivity index (χ1n) is 3.20. The van der Waals surface area contributed by atoms with Gasteiger partial charge in [0, 0.05) is 0 Å². The van der Waals surface area contributed by atoms with Gasteiger partial charge in [-0.15, -0.1) is 0 Å². The predicted molar refractivity (Wildman–Crippen MR) is 37.6 cm³/mol. The molecule has 0 aromatic rings. The van der Waals surface area contributed by atoms with Crippen LogP contribution in [0.25, 0.3) is 0 Å². The lowest BCUT2D eigenvalue weighted by Gasteiger charge is -2.00. The van der Waals surface area contributed by atoms with E-state index in [1.165, 1.54) is 6.92 Å². The molecule has 0 aliphatic rings. The van der Waals surface area contributed by atoms with Gasteiger partial charge in [0.1, 0.15) is 0 Å². The molecule has 3 nitrogen and oxygen atoms in total. The van der Waals surface area contributed by atoms with Crippen LogP contribution in [0.5, 0.6) is 0 Å². The van der Waals surface area contributed by atoms with Gasteiger partial charge in [-0.25, -0.2) is 4.79 Å². The summed E-state index contributed by atoms with van der Waals surface area (Å²) in [6.45, 7) is 3.81. The van der Waals surface area contributed by atoms with Crippen molar-refractivity contribution in [1.82, 2.24) is 0 Å². The molecular formula is C7H12O3. The number of rotatable bonds is 3. The largest absolute Gasteiger partial charge is 0.515 e. The molecule has 0 saturated carbocycles. The standard InChI is InChI=1S/C7H12O3/c1-3-4-10-7(9)6(2)5-8/h5,8H,3-4H2,1-2H3. The van der Waals surface area contributed by atoms with E-state index >= 15 is 0 Å². The molecular weight excluding hydrogens is 132 g/mol. The average Bonchev–Trinajstić information content (AvgIpc) is 1.98. The molecule has 1 N–H and O–H groups in total. The minimum atomic E-state index is -0.454. The Morgan fingerprint density at radius 2 is 2.30 bits per heavy atom. The molecule has 0 aliphatic carbocycles. The third-order valence-corrected chi connectivity index (χ3v) is 0.953. The van der Waals surface area contributed by atoms with Crippen molar-refractivity contribution < 1.29 is 14.6 Å². The topological polar surface area (TPSA) is 46.5 Å². The van der Waals surface area contributed by atoms with Crippen molar-refractivity contribution in [2.24, 2.45) is 0 Å². The fourth-order valence-electron chi connectivity index (χ4n) is 0.361. The Labute approximate surface area is 60.3 Å². The first-order valence-corrected chi connectivity index (χ1v) is 3.20. The first kappa shape index (κ1) is 9.01. The molecule has 58 valence electrons. The summed E-state index contributed by atoms with van der Waals surface area (Å²) < 4.78 is 4.68. The molecule has 0 aliphatic heterocycles. The van der Waals surface area contributed by atoms with E-state index in [4.69, 9.17) is 5.11 Å². The van der Waals surface area contributed by atoms with Crippen molar-refractivity contribution in [2.45, 2.75) is 20.3 Å². The van der Waals surface area contributed by atoms with E-state index in [1.807, 2.05) is 6.92 Å². The minimum Gasteiger partial charge on any atom is -0.515 e. The van der Waals surface area contributed by atoms with Crippen molar-refractivity contribution >= 4 is 5.97 Å². The zero-order chi connectivity index (χ0) is 7.98. The van der Waals surface area contributed by atoms with E-state index < -0.39 is 5.97 Å². The maximum absolute atomic E-state index is 10.7. The molecule has 0 rings (SSSR count). The maximum Gasteiger partial charge on any atom is 0.336 e. The number of ether oxygens (including phenoxy) is 1. The van der Waals surface area contributed by atoms with Crippen molar-refractivity contribution in [3.8, 4) is 0 Å². The summed E-state index contributed by atoms with van der Waals surface area (Å²) in [5.41, 5.74) is 0.230. The number of esters is 1. The highest BCUT2D eigenvalue weighted by atomic mass is 16.5. The normalized spacial score (nSPS) is 11.2. The summed E-state index contributed by atoms with van der Waals surface area (Å²) >= 11 is 0. The van der Waals surface area contributed by atoms with Gasteiger partial charge in [-0.3, -0.25) is 0 Å². The Morgan fingerprint density at radius 3 is 2.70 bits per heavy atom. The summed E-state index contributed by atoms with van der Waals surface area (Å²) in [6.07, 6.45) is 1.54. The van der Waals surface area contributed by atoms with Crippen molar-refractivity contribution in [3.63, 3.8) is 0 Å². The van der Waals surface area contributed by atoms with Gasteiger partial charge in [0.15, 0.2) is 0 Å². The predicted octanol–water partition coefficient (Wildman–Crippen LogP) is 1.40. The molecule has 0 saturated heterocycles. The zero-order valence-electron chi connectivity index (χ0n) is 6.26. The Bertz CT molecular complexity index is 138. The van der Waals surface area contributed by atoms with Gasteiger partial charge in [0.25, 0.3) is 0 Å². The number of carbonyl (C=O) groups excluding carboxylic acids is 1. The summed E-state index contributed by atoms with van der Waals surface area (Å²) in [5, 5.41) is 8.34. The molecule has 0 fully saturated rings. The molecule has 10 heavy (non-hydrogen) atoms. The molecule has 3 heteroatoms. The monoisotopic (exact) mass is 144 g/mol. The second-order valence-corrected chi connectivity index (χ2v) is 1.95. The number of hydrogen-bond acceptors (Lipinski definition) is 3. The van der Waals surface area contributed by atoms with E-state index in [0.29, 0.717) is 6.61 Å². The van der Waals surface area contributed by atoms with Crippen molar-refractivity contribution in [3.05, 3.63) is 11.8 Å². The lowest BCUT2D eigenvalue weighted by atomic mass is 10.3. The van der Waals surface area contributed by atoms with E-state index in [2.05, 4.69) is 4.74 Å². The lowest BCUT2D eigenvalue weighted by Crippen LogP contribution is -2.06. The smallest absolute Gasteiger partial charge is 0.336 e. The van der Waals surface area contributed by atoms with Gasteiger partial charge in [0.05, 0.1) is 18.4 Å². The number of aliphatic hydroxyl groups is 1. The second kappa shape index (κ2) is 4.85. The van der Waals surface area contributed by atoms with Crippen molar-refractivity contribution in [2.75, 3.05) is 6.61 Å². The fraction of sp³-hybridized carbons (Fsp3) is 0.571. The molecule has 0 unspecified atom stereocenters.